The Bertz CT molecular complexity index is 687. The summed E-state index contributed by atoms with van der Waals surface area (Å²) in [5.41, 5.74) is 1.36. The summed E-state index contributed by atoms with van der Waals surface area (Å²) in [5, 5.41) is 4.56. The quantitative estimate of drug-likeness (QED) is 0.809. The minimum Gasteiger partial charge on any atom is -0.496 e. The molecule has 0 radical (unpaired) electrons. The van der Waals surface area contributed by atoms with Crippen LogP contribution in [0.4, 0.5) is 0 Å². The van der Waals surface area contributed by atoms with E-state index in [1.807, 2.05) is 4.90 Å². The lowest BCUT2D eigenvalue weighted by atomic mass is 10.0. The van der Waals surface area contributed by atoms with Crippen LogP contribution in [-0.4, -0.2) is 75.0 Å². The molecular formula is C17H22ClN3O4. The van der Waals surface area contributed by atoms with Gasteiger partial charge in [-0.1, -0.05) is 16.8 Å². The Balaban J connectivity index is 1.72. The summed E-state index contributed by atoms with van der Waals surface area (Å²) in [7, 11) is 5.16. The van der Waals surface area contributed by atoms with E-state index in [9.17, 15) is 4.79 Å². The number of halogens is 1. The van der Waals surface area contributed by atoms with Gasteiger partial charge >= 0.3 is 0 Å². The van der Waals surface area contributed by atoms with Crippen LogP contribution in [0.5, 0.6) is 11.5 Å². The Kier molecular flexibility index (Phi) is 5.34. The van der Waals surface area contributed by atoms with Crippen LogP contribution in [-0.2, 0) is 9.63 Å². The second-order valence-electron chi connectivity index (χ2n) is 6.15. The number of hydrogen-bond donors (Lipinski definition) is 0. The Morgan fingerprint density at radius 2 is 1.88 bits per heavy atom. The highest BCUT2D eigenvalue weighted by molar-refractivity contribution is 6.32. The van der Waals surface area contributed by atoms with Crippen LogP contribution < -0.4 is 9.47 Å². The van der Waals surface area contributed by atoms with Gasteiger partial charge in [0.15, 0.2) is 0 Å². The number of hydrogen-bond acceptors (Lipinski definition) is 6. The van der Waals surface area contributed by atoms with Crippen molar-refractivity contribution in [3.63, 3.8) is 0 Å². The van der Waals surface area contributed by atoms with E-state index in [2.05, 4.69) is 17.1 Å². The van der Waals surface area contributed by atoms with Crippen molar-refractivity contribution in [1.29, 1.82) is 0 Å². The van der Waals surface area contributed by atoms with E-state index in [-0.39, 0.29) is 5.91 Å². The van der Waals surface area contributed by atoms with Crippen molar-refractivity contribution >= 4 is 23.2 Å². The summed E-state index contributed by atoms with van der Waals surface area (Å²) in [6, 6.07) is 3.43. The van der Waals surface area contributed by atoms with Crippen LogP contribution in [0.25, 0.3) is 0 Å². The molecule has 0 aromatic heterocycles. The van der Waals surface area contributed by atoms with Crippen molar-refractivity contribution in [2.45, 2.75) is 12.5 Å². The second-order valence-corrected chi connectivity index (χ2v) is 6.56. The van der Waals surface area contributed by atoms with Crippen LogP contribution in [0.2, 0.25) is 5.02 Å². The van der Waals surface area contributed by atoms with Crippen molar-refractivity contribution < 1.29 is 19.1 Å². The molecule has 2 aliphatic rings. The molecule has 2 aliphatic heterocycles. The summed E-state index contributed by atoms with van der Waals surface area (Å²) in [6.45, 7) is 3.16. The molecule has 3 rings (SSSR count). The Hall–Kier alpha value is -1.99. The standard InChI is InChI=1S/C17H22ClN3O4/c1-20-4-6-21(7-5-20)17(22)16-9-13(19-25-16)11-8-12(18)15(24-3)10-14(11)23-2/h8,10,16H,4-7,9H2,1-3H3. The third-order valence-corrected chi connectivity index (χ3v) is 4.84. The van der Waals surface area contributed by atoms with Crippen LogP contribution in [0.1, 0.15) is 12.0 Å². The fraction of sp³-hybridized carbons (Fsp3) is 0.529. The number of oxime groups is 1. The molecule has 7 nitrogen and oxygen atoms in total. The van der Waals surface area contributed by atoms with E-state index in [1.165, 1.54) is 0 Å². The Morgan fingerprint density at radius 1 is 1.20 bits per heavy atom. The molecule has 1 unspecified atom stereocenters. The lowest BCUT2D eigenvalue weighted by Crippen LogP contribution is -2.50. The zero-order valence-corrected chi connectivity index (χ0v) is 15.4. The second kappa shape index (κ2) is 7.49. The van der Waals surface area contributed by atoms with Gasteiger partial charge in [-0.15, -0.1) is 0 Å². The minimum absolute atomic E-state index is 0.0228. The van der Waals surface area contributed by atoms with Crippen molar-refractivity contribution in [3.05, 3.63) is 22.7 Å². The Labute approximate surface area is 152 Å². The van der Waals surface area contributed by atoms with Crippen molar-refractivity contribution in [1.82, 2.24) is 9.80 Å². The lowest BCUT2D eigenvalue weighted by Gasteiger charge is -2.33. The first-order valence-electron chi connectivity index (χ1n) is 8.15. The molecule has 1 aromatic rings. The number of rotatable bonds is 4. The maximum Gasteiger partial charge on any atom is 0.266 e. The van der Waals surface area contributed by atoms with Gasteiger partial charge in [-0.2, -0.15) is 0 Å². The smallest absolute Gasteiger partial charge is 0.266 e. The first-order chi connectivity index (χ1) is 12.0. The summed E-state index contributed by atoms with van der Waals surface area (Å²) >= 11 is 6.22. The van der Waals surface area contributed by atoms with E-state index in [4.69, 9.17) is 25.9 Å². The Morgan fingerprint density at radius 3 is 2.52 bits per heavy atom. The number of carbonyl (C=O) groups is 1. The average molecular weight is 368 g/mol. The molecule has 1 saturated heterocycles. The van der Waals surface area contributed by atoms with Crippen molar-refractivity contribution in [2.75, 3.05) is 47.4 Å². The zero-order chi connectivity index (χ0) is 18.0. The number of likely N-dealkylation sites (N-methyl/N-ethyl adjacent to an activating group) is 1. The molecule has 0 aliphatic carbocycles. The lowest BCUT2D eigenvalue weighted by molar-refractivity contribution is -0.143. The monoisotopic (exact) mass is 367 g/mol. The van der Waals surface area contributed by atoms with E-state index in [1.54, 1.807) is 26.4 Å². The zero-order valence-electron chi connectivity index (χ0n) is 14.6. The molecule has 1 atom stereocenters. The highest BCUT2D eigenvalue weighted by Gasteiger charge is 2.34. The van der Waals surface area contributed by atoms with Gasteiger partial charge in [0.1, 0.15) is 11.5 Å². The number of methoxy groups -OCH3 is 2. The summed E-state index contributed by atoms with van der Waals surface area (Å²) < 4.78 is 10.6. The third kappa shape index (κ3) is 3.67. The number of piperazine rings is 1. The van der Waals surface area contributed by atoms with E-state index in [0.29, 0.717) is 47.3 Å². The van der Waals surface area contributed by atoms with Gasteiger partial charge in [-0.05, 0) is 13.1 Å². The SMILES string of the molecule is COc1cc(OC)c(C2=NOC(C(=O)N3CCN(C)CC3)C2)cc1Cl. The van der Waals surface area contributed by atoms with Gasteiger partial charge in [0.25, 0.3) is 5.91 Å². The molecule has 2 heterocycles. The molecule has 0 spiro atoms. The van der Waals surface area contributed by atoms with E-state index in [0.717, 1.165) is 13.1 Å². The van der Waals surface area contributed by atoms with Gasteiger partial charge in [0, 0.05) is 44.2 Å². The van der Waals surface area contributed by atoms with Gasteiger partial charge in [-0.3, -0.25) is 4.79 Å². The molecule has 1 amide bonds. The summed E-state index contributed by atoms with van der Waals surface area (Å²) in [6.07, 6.45) is -0.200. The van der Waals surface area contributed by atoms with E-state index < -0.39 is 6.10 Å². The highest BCUT2D eigenvalue weighted by Crippen LogP contribution is 2.34. The number of benzene rings is 1. The van der Waals surface area contributed by atoms with Crippen molar-refractivity contribution in [3.8, 4) is 11.5 Å². The molecule has 0 bridgehead atoms. The van der Waals surface area contributed by atoms with Gasteiger partial charge in [0.2, 0.25) is 6.10 Å². The maximum atomic E-state index is 12.6. The highest BCUT2D eigenvalue weighted by atomic mass is 35.5. The molecule has 1 aromatic carbocycles. The van der Waals surface area contributed by atoms with Gasteiger partial charge in [0.05, 0.1) is 25.0 Å². The fourth-order valence-electron chi connectivity index (χ4n) is 2.98. The number of nitrogens with zero attached hydrogens (tertiary/aromatic N) is 3. The molecule has 1 fully saturated rings. The largest absolute Gasteiger partial charge is 0.496 e. The molecule has 0 saturated carbocycles. The molecule has 0 N–H and O–H groups in total. The predicted octanol–water partition coefficient (Wildman–Crippen LogP) is 1.62. The predicted molar refractivity (Wildman–Crippen MR) is 94.7 cm³/mol. The first-order valence-corrected chi connectivity index (χ1v) is 8.53. The summed E-state index contributed by atoms with van der Waals surface area (Å²) in [5.74, 6) is 1.08. The van der Waals surface area contributed by atoms with Crippen LogP contribution >= 0.6 is 11.6 Å². The number of amides is 1. The van der Waals surface area contributed by atoms with Crippen LogP contribution in [0.3, 0.4) is 0 Å². The van der Waals surface area contributed by atoms with E-state index >= 15 is 0 Å². The molecule has 8 heteroatoms. The number of ether oxygens (including phenoxy) is 2. The summed E-state index contributed by atoms with van der Waals surface area (Å²) in [4.78, 5) is 22.1. The first kappa shape index (κ1) is 17.8. The number of carbonyl (C=O) groups excluding carboxylic acids is 1. The van der Waals surface area contributed by atoms with Crippen molar-refractivity contribution in [2.24, 2.45) is 5.16 Å². The molecule has 136 valence electrons. The maximum absolute atomic E-state index is 12.6. The van der Waals surface area contributed by atoms with Gasteiger partial charge in [-0.25, -0.2) is 0 Å². The topological polar surface area (TPSA) is 63.6 Å². The third-order valence-electron chi connectivity index (χ3n) is 4.54. The molecular weight excluding hydrogens is 346 g/mol. The normalized spacial score (nSPS) is 20.9. The van der Waals surface area contributed by atoms with Crippen LogP contribution in [0, 0.1) is 0 Å². The minimum atomic E-state index is -0.594. The fourth-order valence-corrected chi connectivity index (χ4v) is 3.23. The molecule has 25 heavy (non-hydrogen) atoms. The van der Waals surface area contributed by atoms with Crippen LogP contribution in [0.15, 0.2) is 17.3 Å². The van der Waals surface area contributed by atoms with Gasteiger partial charge < -0.3 is 24.1 Å². The average Bonchev–Trinajstić information content (AvgIpc) is 3.11.